The Labute approximate surface area is 123 Å². The smallest absolute Gasteiger partial charge is 0.326 e. The number of thioether (sulfide) groups is 1. The molecule has 1 rings (SSSR count). The van der Waals surface area contributed by atoms with E-state index >= 15 is 0 Å². The zero-order valence-corrected chi connectivity index (χ0v) is 12.9. The fourth-order valence-electron chi connectivity index (χ4n) is 2.32. The van der Waals surface area contributed by atoms with Crippen LogP contribution in [0.3, 0.4) is 0 Å². The predicted molar refractivity (Wildman–Crippen MR) is 78.9 cm³/mol. The predicted octanol–water partition coefficient (Wildman–Crippen LogP) is 0.995. The average Bonchev–Trinajstić information content (AvgIpc) is 2.42. The molecule has 1 unspecified atom stereocenters. The molecule has 116 valence electrons. The maximum absolute atomic E-state index is 12.0. The number of carboxylic acids is 1. The lowest BCUT2D eigenvalue weighted by molar-refractivity contribution is -0.139. The number of aliphatic carboxylic acids is 1. The molecule has 2 atom stereocenters. The van der Waals surface area contributed by atoms with Crippen molar-refractivity contribution in [3.05, 3.63) is 0 Å². The van der Waals surface area contributed by atoms with Crippen LogP contribution in [0.15, 0.2) is 0 Å². The van der Waals surface area contributed by atoms with Gasteiger partial charge in [0.1, 0.15) is 6.04 Å². The number of hydrogen-bond acceptors (Lipinski definition) is 4. The number of nitrogens with one attached hydrogen (secondary N) is 1. The highest BCUT2D eigenvalue weighted by Crippen LogP contribution is 2.20. The Morgan fingerprint density at radius 3 is 2.45 bits per heavy atom. The van der Waals surface area contributed by atoms with Crippen LogP contribution in [0.25, 0.3) is 0 Å². The van der Waals surface area contributed by atoms with Crippen molar-refractivity contribution in [1.29, 1.82) is 0 Å². The van der Waals surface area contributed by atoms with E-state index in [1.54, 1.807) is 23.6 Å². The summed E-state index contributed by atoms with van der Waals surface area (Å²) in [5.74, 6) is -0.0708. The fraction of sp³-hybridized carbons (Fsp3) is 0.846. The summed E-state index contributed by atoms with van der Waals surface area (Å²) in [5, 5.41) is 21.2. The second-order valence-corrected chi connectivity index (χ2v) is 6.17. The standard InChI is InChI=1S/C13H24N2O4S/c1-9(16)10-3-6-15(7-4-10)13(19)14-11(12(17)18)5-8-20-2/h9-11,16H,3-8H2,1-2H3,(H,14,19)(H,17,18)/t9?,11-/m1/s1. The van der Waals surface area contributed by atoms with Crippen LogP contribution in [0.1, 0.15) is 26.2 Å². The third-order valence-electron chi connectivity index (χ3n) is 3.72. The molecular weight excluding hydrogens is 280 g/mol. The fourth-order valence-corrected chi connectivity index (χ4v) is 2.79. The SMILES string of the molecule is CSCC[C@@H](NC(=O)N1CCC(C(C)O)CC1)C(=O)O. The number of likely N-dealkylation sites (tertiary alicyclic amines) is 1. The van der Waals surface area contributed by atoms with Gasteiger partial charge in [0, 0.05) is 13.1 Å². The van der Waals surface area contributed by atoms with E-state index in [1.807, 2.05) is 6.26 Å². The highest BCUT2D eigenvalue weighted by atomic mass is 32.2. The van der Waals surface area contributed by atoms with Crippen molar-refractivity contribution in [3.8, 4) is 0 Å². The van der Waals surface area contributed by atoms with E-state index in [0.717, 1.165) is 12.8 Å². The molecule has 0 aromatic rings. The first-order valence-corrected chi connectivity index (χ1v) is 8.30. The van der Waals surface area contributed by atoms with Crippen LogP contribution in [0.5, 0.6) is 0 Å². The number of carbonyl (C=O) groups excluding carboxylic acids is 1. The zero-order valence-electron chi connectivity index (χ0n) is 12.0. The molecule has 1 fully saturated rings. The molecule has 0 aliphatic carbocycles. The van der Waals surface area contributed by atoms with Crippen LogP contribution in [0.4, 0.5) is 4.79 Å². The van der Waals surface area contributed by atoms with Crippen molar-refractivity contribution in [1.82, 2.24) is 10.2 Å². The number of aliphatic hydroxyl groups excluding tert-OH is 1. The molecule has 2 amide bonds. The van der Waals surface area contributed by atoms with Crippen LogP contribution in [-0.2, 0) is 4.79 Å². The van der Waals surface area contributed by atoms with Gasteiger partial charge in [0.2, 0.25) is 0 Å². The quantitative estimate of drug-likeness (QED) is 0.681. The number of amides is 2. The van der Waals surface area contributed by atoms with Gasteiger partial charge in [-0.3, -0.25) is 0 Å². The average molecular weight is 304 g/mol. The molecule has 0 saturated carbocycles. The number of carboxylic acid groups (broad SMARTS) is 1. The van der Waals surface area contributed by atoms with Gasteiger partial charge < -0.3 is 20.4 Å². The lowest BCUT2D eigenvalue weighted by Crippen LogP contribution is -2.51. The number of hydrogen-bond donors (Lipinski definition) is 3. The largest absolute Gasteiger partial charge is 0.480 e. The number of rotatable bonds is 6. The molecule has 1 aliphatic rings. The van der Waals surface area contributed by atoms with Crippen molar-refractivity contribution in [3.63, 3.8) is 0 Å². The number of piperidine rings is 1. The van der Waals surface area contributed by atoms with Gasteiger partial charge in [-0.1, -0.05) is 0 Å². The number of carbonyl (C=O) groups is 2. The van der Waals surface area contributed by atoms with E-state index in [-0.39, 0.29) is 18.1 Å². The Balaban J connectivity index is 2.43. The normalized spacial score (nSPS) is 19.4. The Kier molecular flexibility index (Phi) is 7.15. The number of urea groups is 1. The van der Waals surface area contributed by atoms with E-state index < -0.39 is 12.0 Å². The molecule has 1 heterocycles. The van der Waals surface area contributed by atoms with Gasteiger partial charge in [-0.15, -0.1) is 0 Å². The van der Waals surface area contributed by atoms with Crippen LogP contribution < -0.4 is 5.32 Å². The second kappa shape index (κ2) is 8.36. The van der Waals surface area contributed by atoms with E-state index in [2.05, 4.69) is 5.32 Å². The molecule has 0 spiro atoms. The molecule has 6 nitrogen and oxygen atoms in total. The van der Waals surface area contributed by atoms with Crippen molar-refractivity contribution >= 4 is 23.8 Å². The monoisotopic (exact) mass is 304 g/mol. The van der Waals surface area contributed by atoms with Gasteiger partial charge in [0.25, 0.3) is 0 Å². The molecule has 0 radical (unpaired) electrons. The summed E-state index contributed by atoms with van der Waals surface area (Å²) < 4.78 is 0. The van der Waals surface area contributed by atoms with Crippen molar-refractivity contribution in [2.24, 2.45) is 5.92 Å². The van der Waals surface area contributed by atoms with Gasteiger partial charge in [0.05, 0.1) is 6.10 Å². The van der Waals surface area contributed by atoms with Crippen LogP contribution >= 0.6 is 11.8 Å². The maximum Gasteiger partial charge on any atom is 0.326 e. The molecule has 1 saturated heterocycles. The van der Waals surface area contributed by atoms with Crippen LogP contribution in [0, 0.1) is 5.92 Å². The third-order valence-corrected chi connectivity index (χ3v) is 4.36. The highest BCUT2D eigenvalue weighted by molar-refractivity contribution is 7.98. The summed E-state index contributed by atoms with van der Waals surface area (Å²) in [6.45, 7) is 2.90. The zero-order chi connectivity index (χ0) is 15.1. The Morgan fingerprint density at radius 1 is 1.40 bits per heavy atom. The van der Waals surface area contributed by atoms with E-state index in [0.29, 0.717) is 25.3 Å². The van der Waals surface area contributed by atoms with Gasteiger partial charge in [0.15, 0.2) is 0 Å². The lowest BCUT2D eigenvalue weighted by Gasteiger charge is -2.33. The molecule has 7 heteroatoms. The highest BCUT2D eigenvalue weighted by Gasteiger charge is 2.27. The van der Waals surface area contributed by atoms with Gasteiger partial charge in [-0.05, 0) is 44.1 Å². The topological polar surface area (TPSA) is 89.9 Å². The van der Waals surface area contributed by atoms with E-state index in [1.165, 1.54) is 0 Å². The van der Waals surface area contributed by atoms with Crippen LogP contribution in [0.2, 0.25) is 0 Å². The summed E-state index contributed by atoms with van der Waals surface area (Å²) in [6.07, 6.45) is 3.49. The van der Waals surface area contributed by atoms with Crippen LogP contribution in [-0.4, -0.2) is 64.4 Å². The molecule has 1 aliphatic heterocycles. The molecule has 3 N–H and O–H groups in total. The third kappa shape index (κ3) is 5.20. The van der Waals surface area contributed by atoms with Crippen molar-refractivity contribution in [2.45, 2.75) is 38.3 Å². The second-order valence-electron chi connectivity index (χ2n) is 5.19. The maximum atomic E-state index is 12.0. The first-order valence-electron chi connectivity index (χ1n) is 6.91. The summed E-state index contributed by atoms with van der Waals surface area (Å²) >= 11 is 1.56. The Hall–Kier alpha value is -0.950. The molecule has 0 bridgehead atoms. The molecule has 0 aromatic heterocycles. The van der Waals surface area contributed by atoms with E-state index in [4.69, 9.17) is 5.11 Å². The minimum Gasteiger partial charge on any atom is -0.480 e. The summed E-state index contributed by atoms with van der Waals surface area (Å²) in [7, 11) is 0. The van der Waals surface area contributed by atoms with Gasteiger partial charge >= 0.3 is 12.0 Å². The Bertz CT molecular complexity index is 330. The number of nitrogens with zero attached hydrogens (tertiary/aromatic N) is 1. The molecular formula is C13H24N2O4S. The van der Waals surface area contributed by atoms with Crippen molar-refractivity contribution in [2.75, 3.05) is 25.1 Å². The number of aliphatic hydroxyl groups is 1. The minimum absolute atomic E-state index is 0.228. The summed E-state index contributed by atoms with van der Waals surface area (Å²) in [6, 6.07) is -1.15. The Morgan fingerprint density at radius 2 is 2.00 bits per heavy atom. The summed E-state index contributed by atoms with van der Waals surface area (Å²) in [4.78, 5) is 24.8. The van der Waals surface area contributed by atoms with Gasteiger partial charge in [-0.25, -0.2) is 9.59 Å². The van der Waals surface area contributed by atoms with Gasteiger partial charge in [-0.2, -0.15) is 11.8 Å². The summed E-state index contributed by atoms with van der Waals surface area (Å²) in [5.41, 5.74) is 0. The minimum atomic E-state index is -0.994. The first kappa shape index (κ1) is 17.1. The first-order chi connectivity index (χ1) is 9.45. The molecule has 0 aromatic carbocycles. The van der Waals surface area contributed by atoms with Crippen molar-refractivity contribution < 1.29 is 19.8 Å². The lowest BCUT2D eigenvalue weighted by atomic mass is 9.92. The molecule has 20 heavy (non-hydrogen) atoms. The van der Waals surface area contributed by atoms with E-state index in [9.17, 15) is 14.7 Å².